The van der Waals surface area contributed by atoms with E-state index in [1.807, 2.05) is 0 Å². The Kier molecular flexibility index (Phi) is 4.71. The minimum atomic E-state index is -4.61. The molecule has 4 rings (SSSR count). The van der Waals surface area contributed by atoms with Gasteiger partial charge in [0.05, 0.1) is 23.5 Å². The number of alkyl halides is 3. The molecule has 1 aliphatic heterocycles. The minimum Gasteiger partial charge on any atom is -0.482 e. The molecule has 0 unspecified atom stereocenters. The van der Waals surface area contributed by atoms with E-state index in [-0.39, 0.29) is 29.5 Å². The van der Waals surface area contributed by atoms with Gasteiger partial charge < -0.3 is 9.64 Å². The van der Waals surface area contributed by atoms with Crippen molar-refractivity contribution >= 4 is 11.6 Å². The molecule has 0 aliphatic carbocycles. The summed E-state index contributed by atoms with van der Waals surface area (Å²) in [6.45, 7) is 0.0322. The number of hydrogen-bond donors (Lipinski definition) is 0. The van der Waals surface area contributed by atoms with Gasteiger partial charge in [0, 0.05) is 11.8 Å². The summed E-state index contributed by atoms with van der Waals surface area (Å²) in [6, 6.07) is 8.46. The number of aryl methyl sites for hydroxylation is 1. The summed E-state index contributed by atoms with van der Waals surface area (Å²) in [5, 5.41) is 4.26. The lowest BCUT2D eigenvalue weighted by molar-refractivity contribution is -0.153. The molecule has 30 heavy (non-hydrogen) atoms. The summed E-state index contributed by atoms with van der Waals surface area (Å²) < 4.78 is 70.7. The lowest BCUT2D eigenvalue weighted by Crippen LogP contribution is -2.24. The molecule has 156 valence electrons. The van der Waals surface area contributed by atoms with Crippen LogP contribution in [0, 0.1) is 18.6 Å². The van der Waals surface area contributed by atoms with E-state index in [0.717, 1.165) is 12.1 Å². The van der Waals surface area contributed by atoms with Gasteiger partial charge in [-0.05, 0) is 43.3 Å². The van der Waals surface area contributed by atoms with Gasteiger partial charge in [0.25, 0.3) is 5.91 Å². The maximum Gasteiger partial charge on any atom is 0.422 e. The van der Waals surface area contributed by atoms with Gasteiger partial charge in [-0.3, -0.25) is 4.79 Å². The Morgan fingerprint density at radius 2 is 1.73 bits per heavy atom. The first-order valence-electron chi connectivity index (χ1n) is 8.79. The molecule has 0 saturated heterocycles. The Morgan fingerprint density at radius 1 is 1.07 bits per heavy atom. The van der Waals surface area contributed by atoms with Crippen LogP contribution in [0.15, 0.2) is 42.5 Å². The topological polar surface area (TPSA) is 47.4 Å². The van der Waals surface area contributed by atoms with Crippen LogP contribution in [0.1, 0.15) is 21.7 Å². The zero-order valence-electron chi connectivity index (χ0n) is 15.5. The van der Waals surface area contributed by atoms with Crippen molar-refractivity contribution in [1.29, 1.82) is 0 Å². The number of rotatable bonds is 4. The molecule has 0 N–H and O–H groups in total. The molecular weight excluding hydrogens is 409 g/mol. The van der Waals surface area contributed by atoms with Crippen LogP contribution in [0.3, 0.4) is 0 Å². The van der Waals surface area contributed by atoms with Gasteiger partial charge in [-0.2, -0.15) is 18.3 Å². The number of carbonyl (C=O) groups excluding carboxylic acids is 1. The second kappa shape index (κ2) is 7.12. The molecular formula is C20H14F5N3O2. The van der Waals surface area contributed by atoms with Gasteiger partial charge in [-0.1, -0.05) is 0 Å². The molecule has 5 nitrogen and oxygen atoms in total. The maximum atomic E-state index is 13.7. The monoisotopic (exact) mass is 423 g/mol. The fourth-order valence-electron chi connectivity index (χ4n) is 3.32. The largest absolute Gasteiger partial charge is 0.482 e. The molecule has 1 aromatic heterocycles. The molecule has 0 bridgehead atoms. The maximum absolute atomic E-state index is 13.7. The Balaban J connectivity index is 1.75. The van der Waals surface area contributed by atoms with Crippen LogP contribution >= 0.6 is 0 Å². The number of nitrogens with zero attached hydrogens (tertiary/aromatic N) is 3. The Morgan fingerprint density at radius 3 is 2.40 bits per heavy atom. The molecule has 1 amide bonds. The smallest absolute Gasteiger partial charge is 0.422 e. The van der Waals surface area contributed by atoms with Crippen LogP contribution in [-0.4, -0.2) is 28.5 Å². The molecule has 0 atom stereocenters. The molecule has 2 heterocycles. The van der Waals surface area contributed by atoms with Crippen molar-refractivity contribution in [1.82, 2.24) is 9.78 Å². The predicted molar refractivity (Wildman–Crippen MR) is 96.7 cm³/mol. The van der Waals surface area contributed by atoms with Gasteiger partial charge in [0.15, 0.2) is 6.61 Å². The van der Waals surface area contributed by atoms with Gasteiger partial charge in [-0.25, -0.2) is 13.5 Å². The number of anilines is 1. The van der Waals surface area contributed by atoms with Gasteiger partial charge >= 0.3 is 6.18 Å². The number of aromatic nitrogens is 2. The molecule has 0 saturated carbocycles. The molecule has 0 fully saturated rings. The summed E-state index contributed by atoms with van der Waals surface area (Å²) in [5.74, 6) is -1.96. The van der Waals surface area contributed by atoms with Crippen LogP contribution in [-0.2, 0) is 6.54 Å². The zero-order chi connectivity index (χ0) is 21.6. The first-order valence-corrected chi connectivity index (χ1v) is 8.79. The Bertz CT molecular complexity index is 1120. The highest BCUT2D eigenvalue weighted by Gasteiger charge is 2.36. The second-order valence-electron chi connectivity index (χ2n) is 6.70. The summed E-state index contributed by atoms with van der Waals surface area (Å²) in [5.41, 5.74) is 1.57. The van der Waals surface area contributed by atoms with Crippen LogP contribution in [0.5, 0.6) is 5.75 Å². The van der Waals surface area contributed by atoms with E-state index in [9.17, 15) is 26.7 Å². The lowest BCUT2D eigenvalue weighted by atomic mass is 10.2. The number of amides is 1. The number of hydrogen-bond acceptors (Lipinski definition) is 3. The van der Waals surface area contributed by atoms with E-state index in [2.05, 4.69) is 5.10 Å². The third-order valence-corrected chi connectivity index (χ3v) is 4.60. The standard InChI is InChI=1S/C20H14F5N3O2/c1-11-18-16(9-27(19(18)29)14-5-2-12(21)3-6-14)28(26-11)15-7-4-13(22)8-17(15)30-10-20(23,24)25/h2-8H,9-10H2,1H3. The number of benzene rings is 2. The molecule has 1 aliphatic rings. The highest BCUT2D eigenvalue weighted by atomic mass is 19.4. The van der Waals surface area contributed by atoms with E-state index in [1.54, 1.807) is 6.92 Å². The first kappa shape index (κ1) is 19.9. The highest BCUT2D eigenvalue weighted by Crippen LogP contribution is 2.34. The van der Waals surface area contributed by atoms with Crippen LogP contribution < -0.4 is 9.64 Å². The zero-order valence-corrected chi connectivity index (χ0v) is 15.5. The SMILES string of the molecule is Cc1nn(-c2ccc(F)cc2OCC(F)(F)F)c2c1C(=O)N(c1ccc(F)cc1)C2. The lowest BCUT2D eigenvalue weighted by Gasteiger charge is -2.18. The molecule has 0 radical (unpaired) electrons. The number of carbonyl (C=O) groups is 1. The second-order valence-corrected chi connectivity index (χ2v) is 6.70. The third kappa shape index (κ3) is 3.60. The van der Waals surface area contributed by atoms with Crippen LogP contribution in [0.2, 0.25) is 0 Å². The quantitative estimate of drug-likeness (QED) is 0.578. The number of halogens is 5. The molecule has 3 aromatic rings. The van der Waals surface area contributed by atoms with Crippen molar-refractivity contribution in [2.45, 2.75) is 19.6 Å². The average molecular weight is 423 g/mol. The van der Waals surface area contributed by atoms with Crippen molar-refractivity contribution in [3.05, 3.63) is 71.1 Å². The normalized spacial score (nSPS) is 13.7. The van der Waals surface area contributed by atoms with Crippen molar-refractivity contribution in [2.24, 2.45) is 0 Å². The van der Waals surface area contributed by atoms with Crippen molar-refractivity contribution in [3.63, 3.8) is 0 Å². The number of fused-ring (bicyclic) bond motifs is 1. The fourth-order valence-corrected chi connectivity index (χ4v) is 3.32. The summed E-state index contributed by atoms with van der Waals surface area (Å²) >= 11 is 0. The minimum absolute atomic E-state index is 0.0523. The molecule has 2 aromatic carbocycles. The highest BCUT2D eigenvalue weighted by molar-refractivity contribution is 6.10. The van der Waals surface area contributed by atoms with Crippen molar-refractivity contribution < 1.29 is 31.5 Å². The molecule has 10 heteroatoms. The van der Waals surface area contributed by atoms with Crippen LogP contribution in [0.4, 0.5) is 27.6 Å². The van der Waals surface area contributed by atoms with E-state index in [4.69, 9.17) is 4.74 Å². The van der Waals surface area contributed by atoms with E-state index >= 15 is 0 Å². The average Bonchev–Trinajstić information content (AvgIpc) is 3.18. The van der Waals surface area contributed by atoms with Crippen molar-refractivity contribution in [3.8, 4) is 11.4 Å². The Hall–Kier alpha value is -3.43. The van der Waals surface area contributed by atoms with E-state index in [1.165, 1.54) is 39.9 Å². The fraction of sp³-hybridized carbons (Fsp3) is 0.200. The van der Waals surface area contributed by atoms with Gasteiger partial charge in [0.1, 0.15) is 23.1 Å². The van der Waals surface area contributed by atoms with Crippen molar-refractivity contribution in [2.75, 3.05) is 11.5 Å². The number of ether oxygens (including phenoxy) is 1. The predicted octanol–water partition coefficient (Wildman–Crippen LogP) is 4.56. The first-order chi connectivity index (χ1) is 14.1. The summed E-state index contributed by atoms with van der Waals surface area (Å²) in [4.78, 5) is 14.3. The summed E-state index contributed by atoms with van der Waals surface area (Å²) in [7, 11) is 0. The van der Waals surface area contributed by atoms with Crippen LogP contribution in [0.25, 0.3) is 5.69 Å². The third-order valence-electron chi connectivity index (χ3n) is 4.60. The molecule has 0 spiro atoms. The van der Waals surface area contributed by atoms with Gasteiger partial charge in [-0.15, -0.1) is 0 Å². The van der Waals surface area contributed by atoms with Gasteiger partial charge in [0.2, 0.25) is 0 Å². The summed E-state index contributed by atoms with van der Waals surface area (Å²) in [6.07, 6.45) is -4.61. The van der Waals surface area contributed by atoms with E-state index in [0.29, 0.717) is 17.1 Å². The Labute approximate surface area is 167 Å². The van der Waals surface area contributed by atoms with E-state index < -0.39 is 24.4 Å².